The van der Waals surface area contributed by atoms with Crippen molar-refractivity contribution >= 4 is 5.97 Å². The minimum absolute atomic E-state index is 0.669. The van der Waals surface area contributed by atoms with Crippen LogP contribution >= 0.6 is 0 Å². The maximum Gasteiger partial charge on any atom is 0.310 e. The van der Waals surface area contributed by atoms with E-state index >= 15 is 0 Å². The van der Waals surface area contributed by atoms with E-state index < -0.39 is 77.1 Å². The average molecular weight is 364 g/mol. The highest BCUT2D eigenvalue weighted by atomic mass is 19.3. The van der Waals surface area contributed by atoms with Crippen LogP contribution in [0.15, 0.2) is 0 Å². The molecule has 1 aromatic rings. The molecule has 1 aliphatic carbocycles. The molecule has 0 unspecified atom stereocenters. The molecule has 0 saturated heterocycles. The van der Waals surface area contributed by atoms with E-state index in [1.807, 2.05) is 5.92 Å². The van der Waals surface area contributed by atoms with E-state index in [1.165, 1.54) is 13.8 Å². The molecule has 2 rings (SSSR count). The Bertz CT molecular complexity index is 721. The van der Waals surface area contributed by atoms with E-state index in [1.54, 1.807) is 0 Å². The molecule has 2 atom stereocenters. The molecule has 136 valence electrons. The van der Waals surface area contributed by atoms with Crippen LogP contribution in [-0.2, 0) is 22.6 Å². The number of benzene rings is 1. The van der Waals surface area contributed by atoms with Crippen molar-refractivity contribution in [1.29, 1.82) is 0 Å². The Kier molecular flexibility index (Phi) is 5.07. The molecule has 1 saturated carbocycles. The van der Waals surface area contributed by atoms with Crippen molar-refractivity contribution in [3.63, 3.8) is 0 Å². The number of carbonyl (C=O) groups excluding carboxylic acids is 1. The summed E-state index contributed by atoms with van der Waals surface area (Å²) in [6.45, 7) is 1.72. The monoisotopic (exact) mass is 364 g/mol. The number of hydrogen-bond donors (Lipinski definition) is 0. The number of halogens is 6. The summed E-state index contributed by atoms with van der Waals surface area (Å²) in [7, 11) is 0. The summed E-state index contributed by atoms with van der Waals surface area (Å²) < 4.78 is 85.5. The maximum absolute atomic E-state index is 13.9. The fourth-order valence-electron chi connectivity index (χ4n) is 2.94. The van der Waals surface area contributed by atoms with Crippen molar-refractivity contribution < 1.29 is 35.9 Å². The van der Waals surface area contributed by atoms with E-state index in [-0.39, 0.29) is 0 Å². The maximum atomic E-state index is 13.9. The van der Waals surface area contributed by atoms with Gasteiger partial charge in [-0.2, -0.15) is 0 Å². The van der Waals surface area contributed by atoms with Gasteiger partial charge in [-0.15, -0.1) is 12.3 Å². The van der Waals surface area contributed by atoms with Gasteiger partial charge in [0.15, 0.2) is 23.3 Å². The first-order valence-electron chi connectivity index (χ1n) is 7.27. The zero-order chi connectivity index (χ0) is 19.1. The second-order valence-corrected chi connectivity index (χ2v) is 6.36. The highest BCUT2D eigenvalue weighted by Crippen LogP contribution is 2.61. The molecule has 25 heavy (non-hydrogen) atoms. The van der Waals surface area contributed by atoms with Crippen molar-refractivity contribution in [2.45, 2.75) is 33.3 Å². The van der Waals surface area contributed by atoms with Crippen LogP contribution in [0.1, 0.15) is 25.0 Å². The van der Waals surface area contributed by atoms with Crippen LogP contribution in [0.4, 0.5) is 26.3 Å². The van der Waals surface area contributed by atoms with Crippen molar-refractivity contribution in [3.8, 4) is 12.3 Å². The Labute approximate surface area is 140 Å². The Hall–Kier alpha value is -2.17. The van der Waals surface area contributed by atoms with Crippen molar-refractivity contribution in [2.24, 2.45) is 17.3 Å². The number of ether oxygens (including phenoxy) is 1. The molecular weight excluding hydrogens is 350 g/mol. The number of rotatable bonds is 5. The molecular formula is C17H14F6O2. The largest absolute Gasteiger partial charge is 0.460 e. The third kappa shape index (κ3) is 3.20. The smallest absolute Gasteiger partial charge is 0.310 e. The van der Waals surface area contributed by atoms with Gasteiger partial charge in [0, 0.05) is 17.9 Å². The first-order valence-corrected chi connectivity index (χ1v) is 7.27. The van der Waals surface area contributed by atoms with Gasteiger partial charge in [0.25, 0.3) is 0 Å². The lowest BCUT2D eigenvalue weighted by molar-refractivity contribution is -0.148. The van der Waals surface area contributed by atoms with E-state index in [9.17, 15) is 31.1 Å². The van der Waals surface area contributed by atoms with Gasteiger partial charge < -0.3 is 4.74 Å². The fraction of sp³-hybridized carbons (Fsp3) is 0.471. The van der Waals surface area contributed by atoms with Crippen molar-refractivity contribution in [3.05, 3.63) is 34.4 Å². The van der Waals surface area contributed by atoms with Crippen LogP contribution in [0.2, 0.25) is 0 Å². The number of alkyl halides is 2. The lowest BCUT2D eigenvalue weighted by Gasteiger charge is -2.11. The zero-order valence-electron chi connectivity index (χ0n) is 13.3. The van der Waals surface area contributed by atoms with Crippen LogP contribution < -0.4 is 0 Å². The standard InChI is InChI=1S/C17H14F6O2/c1-4-5-7-11(18)13(20)8(14(21)12(7)19)6-25-16(24)10-9(15(22)23)17(10,2)3/h1,9-10,15H,5-6H2,2-3H3/t9-,10+/m1/s1. The summed E-state index contributed by atoms with van der Waals surface area (Å²) in [5, 5.41) is 0. The van der Waals surface area contributed by atoms with Gasteiger partial charge in [0.05, 0.1) is 11.5 Å². The molecule has 0 spiro atoms. The summed E-state index contributed by atoms with van der Waals surface area (Å²) >= 11 is 0. The fourth-order valence-corrected chi connectivity index (χ4v) is 2.94. The first kappa shape index (κ1) is 19.2. The Morgan fingerprint density at radius 1 is 1.12 bits per heavy atom. The summed E-state index contributed by atoms with van der Waals surface area (Å²) in [4.78, 5) is 11.9. The summed E-state index contributed by atoms with van der Waals surface area (Å²) in [6.07, 6.45) is 1.45. The molecule has 0 heterocycles. The lowest BCUT2D eigenvalue weighted by Crippen LogP contribution is -2.15. The van der Waals surface area contributed by atoms with Gasteiger partial charge in [-0.3, -0.25) is 4.79 Å². The van der Waals surface area contributed by atoms with Crippen LogP contribution in [0.5, 0.6) is 0 Å². The Morgan fingerprint density at radius 3 is 2.00 bits per heavy atom. The highest BCUT2D eigenvalue weighted by molar-refractivity contribution is 5.77. The second-order valence-electron chi connectivity index (χ2n) is 6.36. The molecule has 1 aliphatic rings. The van der Waals surface area contributed by atoms with E-state index in [0.29, 0.717) is 0 Å². The molecule has 0 bridgehead atoms. The number of hydrogen-bond acceptors (Lipinski definition) is 2. The molecule has 8 heteroatoms. The second kappa shape index (κ2) is 6.62. The van der Waals surface area contributed by atoms with Crippen LogP contribution in [0.3, 0.4) is 0 Å². The summed E-state index contributed by atoms with van der Waals surface area (Å²) in [5.74, 6) is -8.49. The number of terminal acetylenes is 1. The van der Waals surface area contributed by atoms with Gasteiger partial charge >= 0.3 is 5.97 Å². The Balaban J connectivity index is 2.20. The predicted octanol–water partition coefficient (Wildman–Crippen LogP) is 4.00. The highest BCUT2D eigenvalue weighted by Gasteiger charge is 2.66. The van der Waals surface area contributed by atoms with Crippen molar-refractivity contribution in [2.75, 3.05) is 0 Å². The van der Waals surface area contributed by atoms with Gasteiger partial charge in [-0.25, -0.2) is 26.3 Å². The molecule has 1 aromatic carbocycles. The van der Waals surface area contributed by atoms with E-state index in [2.05, 4.69) is 4.74 Å². The first-order chi connectivity index (χ1) is 11.6. The molecule has 0 aliphatic heterocycles. The zero-order valence-corrected chi connectivity index (χ0v) is 13.3. The number of esters is 1. The van der Waals surface area contributed by atoms with Gasteiger partial charge in [0.2, 0.25) is 6.43 Å². The van der Waals surface area contributed by atoms with Crippen LogP contribution in [0, 0.1) is 52.9 Å². The van der Waals surface area contributed by atoms with Gasteiger partial charge in [-0.05, 0) is 5.41 Å². The van der Waals surface area contributed by atoms with Gasteiger partial charge in [-0.1, -0.05) is 13.8 Å². The topological polar surface area (TPSA) is 26.3 Å². The molecule has 0 N–H and O–H groups in total. The molecule has 0 amide bonds. The lowest BCUT2D eigenvalue weighted by atomic mass is 10.1. The molecule has 0 aromatic heterocycles. The van der Waals surface area contributed by atoms with Crippen LogP contribution in [-0.4, -0.2) is 12.4 Å². The molecule has 1 fully saturated rings. The quantitative estimate of drug-likeness (QED) is 0.342. The van der Waals surface area contributed by atoms with E-state index in [0.717, 1.165) is 0 Å². The Morgan fingerprint density at radius 2 is 1.60 bits per heavy atom. The minimum Gasteiger partial charge on any atom is -0.460 e. The minimum atomic E-state index is -2.76. The normalized spacial score (nSPS) is 21.1. The average Bonchev–Trinajstić information content (AvgIpc) is 3.12. The number of carbonyl (C=O) groups is 1. The molecule has 0 radical (unpaired) electrons. The summed E-state index contributed by atoms with van der Waals surface area (Å²) in [5.41, 5.74) is -3.12. The molecule has 2 nitrogen and oxygen atoms in total. The van der Waals surface area contributed by atoms with Crippen LogP contribution in [0.25, 0.3) is 0 Å². The van der Waals surface area contributed by atoms with Crippen molar-refractivity contribution in [1.82, 2.24) is 0 Å². The predicted molar refractivity (Wildman–Crippen MR) is 75.4 cm³/mol. The third-order valence-electron chi connectivity index (χ3n) is 4.52. The third-order valence-corrected chi connectivity index (χ3v) is 4.52. The van der Waals surface area contributed by atoms with Gasteiger partial charge in [0.1, 0.15) is 6.61 Å². The SMILES string of the molecule is C#CCc1c(F)c(F)c(COC(=O)[C@@H]2[C@H](C(F)F)C2(C)C)c(F)c1F. The summed E-state index contributed by atoms with van der Waals surface area (Å²) in [6, 6.07) is 0. The van der Waals surface area contributed by atoms with E-state index in [4.69, 9.17) is 6.42 Å².